The van der Waals surface area contributed by atoms with E-state index in [-0.39, 0.29) is 0 Å². The molecule has 0 unspecified atom stereocenters. The SMILES string of the molecule is O=Cc1cc(Cl)cc(/C=C/c2cc(F)cc(F)c2)c1. The predicted octanol–water partition coefficient (Wildman–Crippen LogP) is 4.60. The van der Waals surface area contributed by atoms with Gasteiger partial charge in [-0.25, -0.2) is 8.78 Å². The summed E-state index contributed by atoms with van der Waals surface area (Å²) in [5.41, 5.74) is 1.52. The molecule has 0 aromatic heterocycles. The van der Waals surface area contributed by atoms with Crippen molar-refractivity contribution in [2.75, 3.05) is 0 Å². The molecule has 0 aliphatic rings. The summed E-state index contributed by atoms with van der Waals surface area (Å²) in [4.78, 5) is 10.7. The Morgan fingerprint density at radius 1 is 0.789 bits per heavy atom. The Balaban J connectivity index is 2.31. The molecule has 2 aromatic rings. The Labute approximate surface area is 114 Å². The Kier molecular flexibility index (Phi) is 4.07. The fraction of sp³-hybridized carbons (Fsp3) is 0. The third-order valence-corrected chi connectivity index (χ3v) is 2.65. The number of carbonyl (C=O) groups excluding carboxylic acids is 1. The second kappa shape index (κ2) is 5.76. The summed E-state index contributed by atoms with van der Waals surface area (Å²) in [7, 11) is 0. The van der Waals surface area contributed by atoms with E-state index in [1.165, 1.54) is 18.2 Å². The maximum atomic E-state index is 13.0. The molecular formula is C15H9ClF2O. The van der Waals surface area contributed by atoms with Gasteiger partial charge in [-0.2, -0.15) is 0 Å². The van der Waals surface area contributed by atoms with Gasteiger partial charge in [-0.1, -0.05) is 23.8 Å². The first kappa shape index (κ1) is 13.4. The van der Waals surface area contributed by atoms with Crippen LogP contribution < -0.4 is 0 Å². The fourth-order valence-electron chi connectivity index (χ4n) is 1.66. The van der Waals surface area contributed by atoms with Crippen LogP contribution in [0.2, 0.25) is 5.02 Å². The molecule has 0 spiro atoms. The molecule has 0 atom stereocenters. The average Bonchev–Trinajstić information content (AvgIpc) is 2.34. The molecule has 0 saturated carbocycles. The summed E-state index contributed by atoms with van der Waals surface area (Å²) in [6.45, 7) is 0. The van der Waals surface area contributed by atoms with Crippen LogP contribution in [-0.2, 0) is 0 Å². The van der Waals surface area contributed by atoms with E-state index in [2.05, 4.69) is 0 Å². The van der Waals surface area contributed by atoms with Gasteiger partial charge in [0, 0.05) is 16.7 Å². The molecule has 0 heterocycles. The van der Waals surface area contributed by atoms with E-state index >= 15 is 0 Å². The zero-order chi connectivity index (χ0) is 13.8. The third kappa shape index (κ3) is 3.73. The van der Waals surface area contributed by atoms with Crippen molar-refractivity contribution in [1.29, 1.82) is 0 Å². The number of aldehydes is 1. The lowest BCUT2D eigenvalue weighted by molar-refractivity contribution is 0.112. The smallest absolute Gasteiger partial charge is 0.150 e. The highest BCUT2D eigenvalue weighted by molar-refractivity contribution is 6.31. The minimum absolute atomic E-state index is 0.394. The van der Waals surface area contributed by atoms with Crippen LogP contribution in [-0.4, -0.2) is 6.29 Å². The summed E-state index contributed by atoms with van der Waals surface area (Å²) in [5, 5.41) is 0.426. The normalized spacial score (nSPS) is 10.9. The monoisotopic (exact) mass is 278 g/mol. The first-order chi connectivity index (χ1) is 9.06. The molecule has 0 bridgehead atoms. The molecule has 96 valence electrons. The van der Waals surface area contributed by atoms with Crippen LogP contribution in [0.1, 0.15) is 21.5 Å². The Hall–Kier alpha value is -2.00. The lowest BCUT2D eigenvalue weighted by Crippen LogP contribution is -1.83. The van der Waals surface area contributed by atoms with Crippen LogP contribution in [0.15, 0.2) is 36.4 Å². The minimum atomic E-state index is -0.640. The van der Waals surface area contributed by atoms with E-state index in [1.807, 2.05) is 0 Å². The maximum absolute atomic E-state index is 13.0. The maximum Gasteiger partial charge on any atom is 0.150 e. The summed E-state index contributed by atoms with van der Waals surface area (Å²) in [6.07, 6.45) is 3.87. The summed E-state index contributed by atoms with van der Waals surface area (Å²) >= 11 is 5.85. The first-order valence-corrected chi connectivity index (χ1v) is 5.84. The highest BCUT2D eigenvalue weighted by atomic mass is 35.5. The van der Waals surface area contributed by atoms with Gasteiger partial charge in [-0.05, 0) is 41.5 Å². The van der Waals surface area contributed by atoms with Crippen LogP contribution >= 0.6 is 11.6 Å². The molecule has 19 heavy (non-hydrogen) atoms. The van der Waals surface area contributed by atoms with E-state index in [9.17, 15) is 13.6 Å². The van der Waals surface area contributed by atoms with Crippen LogP contribution in [0, 0.1) is 11.6 Å². The topological polar surface area (TPSA) is 17.1 Å². The van der Waals surface area contributed by atoms with Gasteiger partial charge in [0.25, 0.3) is 0 Å². The van der Waals surface area contributed by atoms with Crippen molar-refractivity contribution in [3.05, 3.63) is 69.7 Å². The molecule has 1 nitrogen and oxygen atoms in total. The lowest BCUT2D eigenvalue weighted by Gasteiger charge is -1.99. The molecule has 0 fully saturated rings. The van der Waals surface area contributed by atoms with Crippen molar-refractivity contribution in [3.63, 3.8) is 0 Å². The van der Waals surface area contributed by atoms with Gasteiger partial charge in [0.15, 0.2) is 0 Å². The Bertz CT molecular complexity index is 630. The zero-order valence-electron chi connectivity index (χ0n) is 9.74. The van der Waals surface area contributed by atoms with Crippen molar-refractivity contribution < 1.29 is 13.6 Å². The van der Waals surface area contributed by atoms with Crippen molar-refractivity contribution >= 4 is 30.0 Å². The largest absolute Gasteiger partial charge is 0.298 e. The number of rotatable bonds is 3. The zero-order valence-corrected chi connectivity index (χ0v) is 10.5. The molecule has 0 saturated heterocycles. The van der Waals surface area contributed by atoms with E-state index < -0.39 is 11.6 Å². The van der Waals surface area contributed by atoms with Gasteiger partial charge in [-0.3, -0.25) is 4.79 Å². The second-order valence-corrected chi connectivity index (χ2v) is 4.41. The number of halogens is 3. The van der Waals surface area contributed by atoms with E-state index in [0.717, 1.165) is 6.07 Å². The quantitative estimate of drug-likeness (QED) is 0.592. The van der Waals surface area contributed by atoms with E-state index in [1.54, 1.807) is 24.3 Å². The molecule has 0 amide bonds. The van der Waals surface area contributed by atoms with Gasteiger partial charge < -0.3 is 0 Å². The highest BCUT2D eigenvalue weighted by Gasteiger charge is 1.99. The fourth-order valence-corrected chi connectivity index (χ4v) is 1.92. The highest BCUT2D eigenvalue weighted by Crippen LogP contribution is 2.17. The summed E-state index contributed by atoms with van der Waals surface area (Å²) in [5.74, 6) is -1.28. The predicted molar refractivity (Wildman–Crippen MR) is 72.1 cm³/mol. The summed E-state index contributed by atoms with van der Waals surface area (Å²) < 4.78 is 26.0. The minimum Gasteiger partial charge on any atom is -0.298 e. The van der Waals surface area contributed by atoms with Crippen LogP contribution in [0.4, 0.5) is 8.78 Å². The van der Waals surface area contributed by atoms with Gasteiger partial charge in [-0.15, -0.1) is 0 Å². The molecule has 0 radical (unpaired) electrons. The van der Waals surface area contributed by atoms with Gasteiger partial charge in [0.2, 0.25) is 0 Å². The molecule has 2 rings (SSSR count). The van der Waals surface area contributed by atoms with E-state index in [0.29, 0.717) is 28.0 Å². The molecule has 0 N–H and O–H groups in total. The Morgan fingerprint density at radius 2 is 1.32 bits per heavy atom. The van der Waals surface area contributed by atoms with Crippen molar-refractivity contribution in [2.45, 2.75) is 0 Å². The first-order valence-electron chi connectivity index (χ1n) is 5.47. The number of carbonyl (C=O) groups is 1. The van der Waals surface area contributed by atoms with Crippen molar-refractivity contribution in [1.82, 2.24) is 0 Å². The van der Waals surface area contributed by atoms with E-state index in [4.69, 9.17) is 11.6 Å². The second-order valence-electron chi connectivity index (χ2n) is 3.97. The number of hydrogen-bond donors (Lipinski definition) is 0. The average molecular weight is 279 g/mol. The van der Waals surface area contributed by atoms with Crippen molar-refractivity contribution in [3.8, 4) is 0 Å². The number of hydrogen-bond acceptors (Lipinski definition) is 1. The lowest BCUT2D eigenvalue weighted by atomic mass is 10.1. The molecular weight excluding hydrogens is 270 g/mol. The third-order valence-electron chi connectivity index (χ3n) is 2.43. The van der Waals surface area contributed by atoms with Crippen molar-refractivity contribution in [2.24, 2.45) is 0 Å². The molecule has 0 aliphatic carbocycles. The van der Waals surface area contributed by atoms with Gasteiger partial charge >= 0.3 is 0 Å². The molecule has 4 heteroatoms. The standard InChI is InChI=1S/C15H9ClF2O/c16-13-4-10(3-12(5-13)9-19)1-2-11-6-14(17)8-15(18)7-11/h1-9H/b2-1+. The van der Waals surface area contributed by atoms with Crippen LogP contribution in [0.25, 0.3) is 12.2 Å². The summed E-state index contributed by atoms with van der Waals surface area (Å²) in [6, 6.07) is 8.05. The number of benzene rings is 2. The van der Waals surface area contributed by atoms with Gasteiger partial charge in [0.1, 0.15) is 17.9 Å². The van der Waals surface area contributed by atoms with Crippen LogP contribution in [0.3, 0.4) is 0 Å². The van der Waals surface area contributed by atoms with Crippen LogP contribution in [0.5, 0.6) is 0 Å². The molecule has 0 aliphatic heterocycles. The molecule has 2 aromatic carbocycles. The van der Waals surface area contributed by atoms with Gasteiger partial charge in [0.05, 0.1) is 0 Å². The Morgan fingerprint density at radius 3 is 1.89 bits per heavy atom.